The third-order valence-electron chi connectivity index (χ3n) is 25.9. The first-order valence-corrected chi connectivity index (χ1v) is 42.9. The zero-order valence-corrected chi connectivity index (χ0v) is 70.4. The van der Waals surface area contributed by atoms with E-state index in [-0.39, 0.29) is 55.0 Å². The van der Waals surface area contributed by atoms with Crippen LogP contribution in [0.4, 0.5) is 34.1 Å². The second kappa shape index (κ2) is 28.9. The molecule has 25 rings (SSSR count). The van der Waals surface area contributed by atoms with Crippen LogP contribution < -0.4 is 26.2 Å². The normalized spacial score (nSPS) is 15.3. The zero-order valence-electron chi connectivity index (χ0n) is 94.4. The Balaban J connectivity index is 0.919. The highest BCUT2D eigenvalue weighted by atomic mass is 15.2. The Kier molecular flexibility index (Phi) is 12.2. The van der Waals surface area contributed by atoms with Crippen molar-refractivity contribution in [1.29, 1.82) is 0 Å². The Morgan fingerprint density at radius 2 is 0.578 bits per heavy atom. The van der Waals surface area contributed by atoms with E-state index >= 15 is 0 Å². The second-order valence-electron chi connectivity index (χ2n) is 35.2. The minimum absolute atomic E-state index is 0.153. The number of benzene rings is 19. The van der Waals surface area contributed by atoms with E-state index in [1.165, 1.54) is 9.13 Å². The van der Waals surface area contributed by atoms with Gasteiger partial charge in [-0.15, -0.1) is 0 Å². The van der Waals surface area contributed by atoms with Gasteiger partial charge in [0.2, 0.25) is 0 Å². The van der Waals surface area contributed by atoms with E-state index in [1.54, 1.807) is 12.1 Å². The van der Waals surface area contributed by atoms with Crippen LogP contribution in [0.3, 0.4) is 0 Å². The molecule has 0 amide bonds. The van der Waals surface area contributed by atoms with Gasteiger partial charge in [-0.1, -0.05) is 369 Å². The molecule has 0 radical (unpaired) electrons. The number of para-hydroxylation sites is 4. The summed E-state index contributed by atoms with van der Waals surface area (Å²) in [5.41, 5.74) is 15.8. The van der Waals surface area contributed by atoms with Crippen molar-refractivity contribution in [2.24, 2.45) is 0 Å². The van der Waals surface area contributed by atoms with Crippen LogP contribution in [-0.2, 0) is 10.8 Å². The third kappa shape index (κ3) is 11.6. The van der Waals surface area contributed by atoms with Crippen LogP contribution in [0, 0.1) is 0 Å². The lowest BCUT2D eigenvalue weighted by molar-refractivity contribution is 0.590. The number of fused-ring (bicyclic) bond motifs is 18. The van der Waals surface area contributed by atoms with Crippen molar-refractivity contribution >= 4 is 139 Å². The standard InChI is InChI=1S/C122H88BN5/c1-121(2,3)89-71-97(83-41-21-11-22-42-83)116(99(73-89)85-57-53-81(54-58-85)77-33-13-7-14-34-77)127-111-75-91(124-105-49-29-25-45-93(105)101-69-87(61-67-109(101)124)79-37-17-9-18-38-79)63-65-103(111)123-104-66-64-92(125-106-50-30-26-46-94(106)102-70-88(62-68-110(102)125)80-39-19-10-20-40-80)76-112(104)128(120-114-96-48-28-32-52-108(96)126-107-51-31-27-47-95(107)113(118(114)126)119(127)115(120)123)117-98(84-43-23-12-24-44-84)72-90(122(4,5)6)74-100(117)86-59-55-82(56-60-86)78-35-15-8-16-36-78/h7-76H,1-6H3/i9D,10D,17D,18D,19D,20D,25D,26D,29D,30D,37D,38D,39D,40D,45D,46D,49D,50D,61D,62D,67D,68D,69D,70D. The molecule has 4 aromatic heterocycles. The number of anilines is 6. The van der Waals surface area contributed by atoms with Gasteiger partial charge in [-0.25, -0.2) is 0 Å². The maximum Gasteiger partial charge on any atom is 0.252 e. The van der Waals surface area contributed by atoms with Crippen molar-refractivity contribution in [3.05, 3.63) is 435 Å². The molecule has 0 saturated heterocycles. The van der Waals surface area contributed by atoms with E-state index in [2.05, 4.69) is 201 Å². The van der Waals surface area contributed by atoms with Crippen LogP contribution in [0.15, 0.2) is 424 Å². The molecule has 604 valence electrons. The van der Waals surface area contributed by atoms with Gasteiger partial charge in [0.05, 0.1) is 94.3 Å². The first-order chi connectivity index (χ1) is 72.8. The molecule has 0 spiro atoms. The highest BCUT2D eigenvalue weighted by molar-refractivity contribution is 7.01. The summed E-state index contributed by atoms with van der Waals surface area (Å²) in [6, 6.07) is 77.8. The predicted molar refractivity (Wildman–Crippen MR) is 545 cm³/mol. The van der Waals surface area contributed by atoms with Crippen LogP contribution in [0.1, 0.15) is 85.6 Å². The van der Waals surface area contributed by atoms with E-state index in [1.807, 2.05) is 121 Å². The maximum absolute atomic E-state index is 10.7. The summed E-state index contributed by atoms with van der Waals surface area (Å²) in [7, 11) is 0. The number of hydrogen-bond donors (Lipinski definition) is 0. The van der Waals surface area contributed by atoms with Crippen molar-refractivity contribution in [3.8, 4) is 100 Å². The molecule has 5 nitrogen and oxygen atoms in total. The molecule has 0 saturated carbocycles. The molecule has 0 bridgehead atoms. The molecule has 0 atom stereocenters. The molecule has 23 aromatic rings. The first kappa shape index (κ1) is 54.1. The maximum atomic E-state index is 10.7. The summed E-state index contributed by atoms with van der Waals surface area (Å²) in [6.07, 6.45) is 0. The average molecular weight is 1660 g/mol. The van der Waals surface area contributed by atoms with E-state index in [0.717, 1.165) is 121 Å². The number of hydrogen-bond acceptors (Lipinski definition) is 2. The summed E-state index contributed by atoms with van der Waals surface area (Å²) in [5.74, 6) is 0. The summed E-state index contributed by atoms with van der Waals surface area (Å²) < 4.78 is 239. The summed E-state index contributed by atoms with van der Waals surface area (Å²) in [6.45, 7) is 12.1. The number of nitrogens with zero attached hydrogens (tertiary/aromatic N) is 5. The molecular formula is C122H88BN5. The Morgan fingerprint density at radius 1 is 0.250 bits per heavy atom. The largest absolute Gasteiger partial charge is 0.309 e. The Bertz CT molecular complexity index is 9380. The Labute approximate surface area is 779 Å². The van der Waals surface area contributed by atoms with Gasteiger partial charge in [0.15, 0.2) is 0 Å². The van der Waals surface area contributed by atoms with Gasteiger partial charge in [-0.05, 0) is 202 Å². The summed E-state index contributed by atoms with van der Waals surface area (Å²) in [4.78, 5) is 4.71. The fourth-order valence-corrected chi connectivity index (χ4v) is 20.0. The molecule has 0 unspecified atom stereocenters. The van der Waals surface area contributed by atoms with Gasteiger partial charge < -0.3 is 23.3 Å². The molecule has 2 aliphatic rings. The van der Waals surface area contributed by atoms with Crippen molar-refractivity contribution < 1.29 is 32.9 Å². The van der Waals surface area contributed by atoms with Crippen LogP contribution in [0.25, 0.3) is 182 Å². The van der Waals surface area contributed by atoms with Gasteiger partial charge >= 0.3 is 0 Å². The van der Waals surface area contributed by atoms with Gasteiger partial charge in [-0.3, -0.25) is 0 Å². The minimum Gasteiger partial charge on any atom is -0.309 e. The quantitative estimate of drug-likeness (QED) is 0.114. The first-order valence-electron chi connectivity index (χ1n) is 54.9. The Hall–Kier alpha value is -15.8. The van der Waals surface area contributed by atoms with E-state index in [9.17, 15) is 24.7 Å². The molecule has 6 heteroatoms. The van der Waals surface area contributed by atoms with Crippen molar-refractivity contribution in [1.82, 2.24) is 13.5 Å². The van der Waals surface area contributed by atoms with Crippen LogP contribution >= 0.6 is 0 Å². The Morgan fingerprint density at radius 3 is 0.969 bits per heavy atom. The lowest BCUT2D eigenvalue weighted by Crippen LogP contribution is -2.61. The van der Waals surface area contributed by atoms with Crippen molar-refractivity contribution in [2.75, 3.05) is 9.80 Å². The fourth-order valence-electron chi connectivity index (χ4n) is 20.0. The topological polar surface area (TPSA) is 20.8 Å². The molecule has 128 heavy (non-hydrogen) atoms. The van der Waals surface area contributed by atoms with Gasteiger partial charge in [0.1, 0.15) is 0 Å². The molecular weight excluding hydrogens is 1550 g/mol. The van der Waals surface area contributed by atoms with Crippen LogP contribution in [0.5, 0.6) is 0 Å². The zero-order chi connectivity index (χ0) is 106. The lowest BCUT2D eigenvalue weighted by atomic mass is 9.33. The molecule has 0 aliphatic carbocycles. The number of aromatic nitrogens is 3. The van der Waals surface area contributed by atoms with Crippen LogP contribution in [0.2, 0.25) is 0 Å². The highest BCUT2D eigenvalue weighted by Gasteiger charge is 2.49. The van der Waals surface area contributed by atoms with Crippen molar-refractivity contribution in [3.63, 3.8) is 0 Å². The SMILES string of the molecule is [2H]c1c([2H])c([2H])c(-c2c([2H])c([2H])c3c(c2[2H])c2c([2H])c([2H])c([2H])c([2H])c2n3-c2ccc3c(c2)N(c2c(-c4ccccc4)cc(C(C)(C)C)cc2-c2ccc(-c4ccccc4)cc2)c2c4c(c5c6ccccc6n6c7ccccc7c2c56)N(c2c(-c5ccccc5)cc(C(C)(C)C)cc2-c2ccc(-c5ccccc5)cc2)c2cc(-n5c6c([2H])c([2H])c([2H])c([2H])c6c6c([2H])c(-c7c([2H])c([2H])c([2H])c([2H])c7[2H])c([2H])c([2H])c65)ccc2B34)c([2H])c1[2H]. The average Bonchev–Trinajstić information content (AvgIpc) is 1.46. The number of rotatable bonds is 12. The highest BCUT2D eigenvalue weighted by Crippen LogP contribution is 2.60. The lowest BCUT2D eigenvalue weighted by Gasteiger charge is -2.46. The van der Waals surface area contributed by atoms with E-state index < -0.39 is 185 Å². The molecule has 2 aliphatic heterocycles. The predicted octanol–water partition coefficient (Wildman–Crippen LogP) is 31.0. The van der Waals surface area contributed by atoms with Gasteiger partial charge in [0, 0.05) is 88.1 Å². The monoisotopic (exact) mass is 1660 g/mol. The minimum atomic E-state index is -1.04. The van der Waals surface area contributed by atoms with Crippen LogP contribution in [-0.4, -0.2) is 20.2 Å². The smallest absolute Gasteiger partial charge is 0.252 e. The van der Waals surface area contributed by atoms with E-state index in [0.29, 0.717) is 45.0 Å². The van der Waals surface area contributed by atoms with Gasteiger partial charge in [-0.2, -0.15) is 0 Å². The van der Waals surface area contributed by atoms with Crippen molar-refractivity contribution in [2.45, 2.75) is 52.4 Å². The molecule has 19 aromatic carbocycles. The molecule has 6 heterocycles. The second-order valence-corrected chi connectivity index (χ2v) is 35.2. The fraction of sp³-hybridized carbons (Fsp3) is 0.0656. The summed E-state index contributed by atoms with van der Waals surface area (Å²) in [5, 5.41) is 2.13. The molecule has 0 N–H and O–H groups in total. The third-order valence-corrected chi connectivity index (χ3v) is 25.9. The van der Waals surface area contributed by atoms with Gasteiger partial charge in [0.25, 0.3) is 6.71 Å². The summed E-state index contributed by atoms with van der Waals surface area (Å²) >= 11 is 0. The van der Waals surface area contributed by atoms with E-state index in [4.69, 9.17) is 8.22 Å². The molecule has 0 fully saturated rings.